The van der Waals surface area contributed by atoms with Crippen molar-refractivity contribution in [3.05, 3.63) is 77.3 Å². The van der Waals surface area contributed by atoms with Gasteiger partial charge in [-0.15, -0.1) is 11.3 Å². The van der Waals surface area contributed by atoms with Crippen LogP contribution in [0.3, 0.4) is 0 Å². The lowest BCUT2D eigenvalue weighted by Gasteiger charge is -2.08. The Labute approximate surface area is 172 Å². The van der Waals surface area contributed by atoms with Gasteiger partial charge in [0.25, 0.3) is 5.91 Å². The molecule has 0 aliphatic carbocycles. The third-order valence-electron chi connectivity index (χ3n) is 4.23. The van der Waals surface area contributed by atoms with E-state index in [9.17, 15) is 4.79 Å². The number of benzene rings is 2. The van der Waals surface area contributed by atoms with Crippen LogP contribution in [-0.2, 0) is 4.79 Å². The summed E-state index contributed by atoms with van der Waals surface area (Å²) in [5, 5.41) is 10.0. The van der Waals surface area contributed by atoms with E-state index in [1.807, 2.05) is 79.9 Å². The van der Waals surface area contributed by atoms with E-state index in [4.69, 9.17) is 4.74 Å². The quantitative estimate of drug-likeness (QED) is 0.509. The summed E-state index contributed by atoms with van der Waals surface area (Å²) in [6.07, 6.45) is 0. The Balaban J connectivity index is 1.48. The standard InChI is InChI=1S/C22H20N4O2S/c1-15-8-10-18(11-9-15)28-13-21(27)24-20-12-16(2)25-26(20)22-23-19(14-29-22)17-6-4-3-5-7-17/h3-12,14H,13H2,1-2H3,(H,24,27). The molecule has 0 saturated carbocycles. The van der Waals surface area contributed by atoms with E-state index in [2.05, 4.69) is 15.4 Å². The zero-order valence-electron chi connectivity index (χ0n) is 16.1. The molecule has 146 valence electrons. The number of carbonyl (C=O) groups is 1. The van der Waals surface area contributed by atoms with Crippen LogP contribution >= 0.6 is 11.3 Å². The molecule has 0 atom stereocenters. The van der Waals surface area contributed by atoms with Gasteiger partial charge in [-0.2, -0.15) is 9.78 Å². The van der Waals surface area contributed by atoms with Gasteiger partial charge in [-0.05, 0) is 26.0 Å². The summed E-state index contributed by atoms with van der Waals surface area (Å²) in [7, 11) is 0. The van der Waals surface area contributed by atoms with E-state index in [0.29, 0.717) is 16.7 Å². The molecule has 0 unspecified atom stereocenters. The van der Waals surface area contributed by atoms with Gasteiger partial charge in [0.05, 0.1) is 11.4 Å². The van der Waals surface area contributed by atoms with Gasteiger partial charge < -0.3 is 10.1 Å². The molecule has 0 radical (unpaired) electrons. The molecule has 0 aliphatic rings. The molecule has 0 saturated heterocycles. The smallest absolute Gasteiger partial charge is 0.263 e. The molecule has 0 bridgehead atoms. The third-order valence-corrected chi connectivity index (χ3v) is 5.05. The van der Waals surface area contributed by atoms with Gasteiger partial charge in [-0.25, -0.2) is 4.98 Å². The van der Waals surface area contributed by atoms with Gasteiger partial charge in [-0.3, -0.25) is 4.79 Å². The van der Waals surface area contributed by atoms with Crippen molar-refractivity contribution in [1.29, 1.82) is 0 Å². The lowest BCUT2D eigenvalue weighted by molar-refractivity contribution is -0.118. The summed E-state index contributed by atoms with van der Waals surface area (Å²) in [5.41, 5.74) is 3.84. The van der Waals surface area contributed by atoms with Crippen LogP contribution in [0.2, 0.25) is 0 Å². The fraction of sp³-hybridized carbons (Fsp3) is 0.136. The number of nitrogens with zero attached hydrogens (tertiary/aromatic N) is 3. The fourth-order valence-corrected chi connectivity index (χ4v) is 3.60. The van der Waals surface area contributed by atoms with Crippen LogP contribution in [0, 0.1) is 13.8 Å². The molecule has 4 aromatic rings. The van der Waals surface area contributed by atoms with E-state index >= 15 is 0 Å². The lowest BCUT2D eigenvalue weighted by atomic mass is 10.2. The largest absolute Gasteiger partial charge is 0.484 e. The summed E-state index contributed by atoms with van der Waals surface area (Å²) < 4.78 is 7.20. The van der Waals surface area contributed by atoms with Crippen molar-refractivity contribution in [1.82, 2.24) is 14.8 Å². The molecule has 2 heterocycles. The maximum atomic E-state index is 12.4. The summed E-state index contributed by atoms with van der Waals surface area (Å²) in [5.74, 6) is 0.961. The number of hydrogen-bond acceptors (Lipinski definition) is 5. The van der Waals surface area contributed by atoms with Crippen LogP contribution in [-0.4, -0.2) is 27.3 Å². The topological polar surface area (TPSA) is 69.0 Å². The molecule has 0 fully saturated rings. The van der Waals surface area contributed by atoms with Crippen LogP contribution in [0.4, 0.5) is 5.82 Å². The van der Waals surface area contributed by atoms with Gasteiger partial charge in [0.1, 0.15) is 11.6 Å². The fourth-order valence-electron chi connectivity index (χ4n) is 2.80. The molecule has 6 nitrogen and oxygen atoms in total. The number of aryl methyl sites for hydroxylation is 2. The summed E-state index contributed by atoms with van der Waals surface area (Å²) in [6.45, 7) is 3.79. The number of rotatable bonds is 6. The van der Waals surface area contributed by atoms with E-state index in [0.717, 1.165) is 22.5 Å². The first-order chi connectivity index (χ1) is 14.1. The van der Waals surface area contributed by atoms with Crippen LogP contribution in [0.5, 0.6) is 5.75 Å². The maximum Gasteiger partial charge on any atom is 0.263 e. The second-order valence-electron chi connectivity index (χ2n) is 6.61. The first kappa shape index (κ1) is 18.9. The number of thiazole rings is 1. The molecular weight excluding hydrogens is 384 g/mol. The Kier molecular flexibility index (Phi) is 5.39. The SMILES string of the molecule is Cc1ccc(OCC(=O)Nc2cc(C)nn2-c2nc(-c3ccccc3)cs2)cc1. The number of hydrogen-bond donors (Lipinski definition) is 1. The highest BCUT2D eigenvalue weighted by molar-refractivity contribution is 7.12. The van der Waals surface area contributed by atoms with Crippen molar-refractivity contribution >= 4 is 23.1 Å². The number of anilines is 1. The number of ether oxygens (including phenoxy) is 1. The minimum absolute atomic E-state index is 0.0829. The molecule has 0 spiro atoms. The van der Waals surface area contributed by atoms with E-state index < -0.39 is 0 Å². The summed E-state index contributed by atoms with van der Waals surface area (Å²) in [6, 6.07) is 19.3. The van der Waals surface area contributed by atoms with Gasteiger partial charge >= 0.3 is 0 Å². The Hall–Kier alpha value is -3.45. The Morgan fingerprint density at radius 2 is 1.86 bits per heavy atom. The average Bonchev–Trinajstić information content (AvgIpc) is 3.35. The van der Waals surface area contributed by atoms with E-state index in [-0.39, 0.29) is 12.5 Å². The van der Waals surface area contributed by atoms with Crippen molar-refractivity contribution in [3.63, 3.8) is 0 Å². The molecule has 1 amide bonds. The minimum Gasteiger partial charge on any atom is -0.484 e. The number of aromatic nitrogens is 3. The zero-order chi connectivity index (χ0) is 20.2. The van der Waals surface area contributed by atoms with E-state index in [1.165, 1.54) is 11.3 Å². The molecule has 0 aliphatic heterocycles. The molecular formula is C22H20N4O2S. The molecule has 2 aromatic carbocycles. The number of nitrogens with one attached hydrogen (secondary N) is 1. The highest BCUT2D eigenvalue weighted by atomic mass is 32.1. The Bertz CT molecular complexity index is 1120. The minimum atomic E-state index is -0.258. The second kappa shape index (κ2) is 8.28. The Morgan fingerprint density at radius 3 is 2.62 bits per heavy atom. The maximum absolute atomic E-state index is 12.4. The molecule has 2 aromatic heterocycles. The van der Waals surface area contributed by atoms with Crippen LogP contribution < -0.4 is 10.1 Å². The van der Waals surface area contributed by atoms with E-state index in [1.54, 1.807) is 4.68 Å². The lowest BCUT2D eigenvalue weighted by Crippen LogP contribution is -2.21. The summed E-state index contributed by atoms with van der Waals surface area (Å²) >= 11 is 1.47. The average molecular weight is 404 g/mol. The second-order valence-corrected chi connectivity index (χ2v) is 7.45. The van der Waals surface area contributed by atoms with Crippen LogP contribution in [0.25, 0.3) is 16.4 Å². The zero-order valence-corrected chi connectivity index (χ0v) is 16.9. The number of carbonyl (C=O) groups excluding carboxylic acids is 1. The van der Waals surface area contributed by atoms with Gasteiger partial charge in [-0.1, -0.05) is 48.0 Å². The first-order valence-electron chi connectivity index (χ1n) is 9.16. The summed E-state index contributed by atoms with van der Waals surface area (Å²) in [4.78, 5) is 17.0. The highest BCUT2D eigenvalue weighted by Gasteiger charge is 2.15. The van der Waals surface area contributed by atoms with Gasteiger partial charge in [0, 0.05) is 17.0 Å². The predicted octanol–water partition coefficient (Wildman–Crippen LogP) is 4.63. The third kappa shape index (κ3) is 4.52. The molecule has 29 heavy (non-hydrogen) atoms. The highest BCUT2D eigenvalue weighted by Crippen LogP contribution is 2.26. The molecule has 4 rings (SSSR count). The van der Waals surface area contributed by atoms with Crippen molar-refractivity contribution in [3.8, 4) is 22.1 Å². The first-order valence-corrected chi connectivity index (χ1v) is 10.0. The monoisotopic (exact) mass is 404 g/mol. The van der Waals surface area contributed by atoms with Crippen molar-refractivity contribution in [2.45, 2.75) is 13.8 Å². The van der Waals surface area contributed by atoms with Crippen molar-refractivity contribution < 1.29 is 9.53 Å². The van der Waals surface area contributed by atoms with Crippen molar-refractivity contribution in [2.24, 2.45) is 0 Å². The molecule has 7 heteroatoms. The predicted molar refractivity (Wildman–Crippen MR) is 115 cm³/mol. The van der Waals surface area contributed by atoms with Gasteiger partial charge in [0.2, 0.25) is 5.13 Å². The number of amides is 1. The van der Waals surface area contributed by atoms with Crippen LogP contribution in [0.15, 0.2) is 66.0 Å². The molecule has 1 N–H and O–H groups in total. The van der Waals surface area contributed by atoms with Crippen LogP contribution in [0.1, 0.15) is 11.3 Å². The Morgan fingerprint density at radius 1 is 1.10 bits per heavy atom. The van der Waals surface area contributed by atoms with Gasteiger partial charge in [0.15, 0.2) is 6.61 Å². The van der Waals surface area contributed by atoms with Crippen molar-refractivity contribution in [2.75, 3.05) is 11.9 Å². The normalized spacial score (nSPS) is 10.7.